The number of ether oxygens (including phenoxy) is 3. The number of guanidine groups is 1. The lowest BCUT2D eigenvalue weighted by atomic mass is 10.1. The number of nitrogens with one attached hydrogen (secondary N) is 12. The van der Waals surface area contributed by atoms with Gasteiger partial charge in [-0.05, 0) is 202 Å². The Balaban J connectivity index is -0.000000753. The zero-order valence-corrected chi connectivity index (χ0v) is 82.8. The summed E-state index contributed by atoms with van der Waals surface area (Å²) in [7, 11) is 0. The van der Waals surface area contributed by atoms with E-state index < -0.39 is 41.3 Å². The summed E-state index contributed by atoms with van der Waals surface area (Å²) in [6, 6.07) is 33.3. The topological polar surface area (TPSA) is 643 Å². The quantitative estimate of drug-likeness (QED) is 0.00635. The zero-order valence-electron chi connectivity index (χ0n) is 74.7. The normalized spacial score (nSPS) is 12.2. The number of epoxide rings is 1. The number of nitrogens with two attached hydrogens (primary N) is 7. The highest BCUT2D eigenvalue weighted by molar-refractivity contribution is 14.0. The van der Waals surface area contributed by atoms with Crippen LogP contribution in [0.5, 0.6) is 0 Å². The standard InChI is InChI=1S/C21H32ClN9O3.C20H35N3O4.C17H29N3O2.C15H27N3O2.C7H9ClN6OS.C3H6O2.3ClH.HI.H2S/c22-17-19(24)30-18(23)16(29-17)20(34)31-21(25)28-8-2-1-3-13-4-6-14(7-5-13)27-10-9-26-11-15(33)12-32;1-20(2,3)27-19(26)23-11-5-4-6-16-7-9-17(10-8-16)22-13-12-21-14-18(25)15-24;1-17(2,3)22-16(21)20-12-5-4-6-14-7-9-15(10-8-14)19-13-11-18;16-8-2-1-3-13-4-6-14(7-5-13)18-10-9-17-11-15(20)12-19;1-16-7(11)14-6(15)2-4(9)13-5(10)3(8)12-2;4-1-3-2-5-3;;;;;/h4-7,15,26-27,32-33H,1-3,8-12H2,(H4,23,24,30)(H3,25,28,31,34);7-10,18,21-22,24-25H,4-6,11-15H2,1-3H3,(H,23,26);7-10,19H,4-6,11-13,18H2,1-3H3,(H,20,21);4-7,15,17-20H,1-3,8-12,16H2;1H3,(H4,9,10,13)(H2,11,14,15);3-4H,1-2H2;4*1H;1H2/t15-;18-;;15-;;3-;;;;;/m11.1.0...../s1. The molecular formula is C83H144Cl5IN24O14S2. The molecule has 0 radical (unpaired) electrons. The molecule has 38 nitrogen and oxygen atoms in total. The van der Waals surface area contributed by atoms with Gasteiger partial charge in [0.1, 0.15) is 17.3 Å². The van der Waals surface area contributed by atoms with Crippen LogP contribution >= 0.6 is 110 Å². The van der Waals surface area contributed by atoms with E-state index in [1.807, 2.05) is 53.7 Å². The van der Waals surface area contributed by atoms with Gasteiger partial charge in [-0.3, -0.25) is 25.3 Å². The molecule has 0 bridgehead atoms. The Morgan fingerprint density at radius 3 is 1.10 bits per heavy atom. The van der Waals surface area contributed by atoms with Crippen molar-refractivity contribution in [3.63, 3.8) is 0 Å². The highest BCUT2D eigenvalue weighted by Crippen LogP contribution is 2.21. The third kappa shape index (κ3) is 65.6. The summed E-state index contributed by atoms with van der Waals surface area (Å²) in [6.45, 7) is 20.8. The maximum atomic E-state index is 12.2. The number of hydrogen-bond donors (Lipinski definition) is 26. The van der Waals surface area contributed by atoms with E-state index in [4.69, 9.17) is 104 Å². The number of carbonyl (C=O) groups is 4. The first-order chi connectivity index (χ1) is 59.1. The van der Waals surface area contributed by atoms with Crippen molar-refractivity contribution in [1.29, 1.82) is 5.41 Å². The molecule has 1 aliphatic rings. The number of thioether (sulfide) groups is 1. The molecule has 6 aromatic rings. The van der Waals surface area contributed by atoms with Gasteiger partial charge in [0, 0.05) is 114 Å². The van der Waals surface area contributed by atoms with Crippen LogP contribution in [0.25, 0.3) is 0 Å². The van der Waals surface area contributed by atoms with Gasteiger partial charge in [0.15, 0.2) is 56.1 Å². The van der Waals surface area contributed by atoms with Gasteiger partial charge >= 0.3 is 12.2 Å². The second-order valence-corrected chi connectivity index (χ2v) is 31.5. The molecule has 1 fully saturated rings. The largest absolute Gasteiger partial charge is 0.444 e. The lowest BCUT2D eigenvalue weighted by Gasteiger charge is -2.19. The lowest BCUT2D eigenvalue weighted by molar-refractivity contribution is 0.0515. The van der Waals surface area contributed by atoms with Crippen LogP contribution in [0.1, 0.15) is 136 Å². The second-order valence-electron chi connectivity index (χ2n) is 30.0. The number of rotatable bonds is 46. The van der Waals surface area contributed by atoms with Crippen molar-refractivity contribution >= 4 is 191 Å². The van der Waals surface area contributed by atoms with E-state index in [1.165, 1.54) is 22.3 Å². The number of aryl methyl sites for hydroxylation is 4. The second kappa shape index (κ2) is 75.9. The number of nitrogen functional groups attached to an aromatic ring is 4. The Morgan fingerprint density at radius 2 is 0.814 bits per heavy atom. The minimum Gasteiger partial charge on any atom is -0.444 e. The minimum absolute atomic E-state index is 0. The average Bonchev–Trinajstić information content (AvgIpc) is 1.73. The Kier molecular flexibility index (Phi) is 75.1. The van der Waals surface area contributed by atoms with Crippen molar-refractivity contribution in [3.8, 4) is 0 Å². The number of alkyl carbamates (subject to hydrolysis) is 2. The molecule has 4 aromatic carbocycles. The molecule has 0 aliphatic carbocycles. The van der Waals surface area contributed by atoms with Gasteiger partial charge in [-0.25, -0.2) is 29.5 Å². The molecule has 7 rings (SSSR count). The van der Waals surface area contributed by atoms with Gasteiger partial charge in [-0.1, -0.05) is 83.5 Å². The van der Waals surface area contributed by atoms with Crippen LogP contribution in [0.15, 0.2) is 102 Å². The molecule has 1 saturated heterocycles. The fourth-order valence-electron chi connectivity index (χ4n) is 10.1. The molecule has 129 heavy (non-hydrogen) atoms. The molecule has 2 aromatic heterocycles. The van der Waals surface area contributed by atoms with E-state index in [-0.39, 0.29) is 176 Å². The first-order valence-corrected chi connectivity index (χ1v) is 43.2. The zero-order chi connectivity index (χ0) is 92.1. The van der Waals surface area contributed by atoms with Crippen molar-refractivity contribution in [1.82, 2.24) is 57.2 Å². The van der Waals surface area contributed by atoms with Gasteiger partial charge in [0.25, 0.3) is 11.8 Å². The molecule has 3 heterocycles. The fraction of sp³-hybridized carbons (Fsp3) is 0.542. The number of aliphatic hydroxyl groups excluding tert-OH is 7. The van der Waals surface area contributed by atoms with Crippen LogP contribution < -0.4 is 98.6 Å². The number of nitrogens with zero attached hydrogens (tertiary/aromatic N) is 5. The van der Waals surface area contributed by atoms with Gasteiger partial charge < -0.3 is 143 Å². The molecule has 0 unspecified atom stereocenters. The molecule has 0 spiro atoms. The van der Waals surface area contributed by atoms with E-state index in [2.05, 4.69) is 173 Å². The molecule has 4 atom stereocenters. The summed E-state index contributed by atoms with van der Waals surface area (Å²) in [5.41, 5.74) is 46.8. The van der Waals surface area contributed by atoms with Gasteiger partial charge in [0.05, 0.1) is 51.3 Å². The number of hydrogen-bond acceptors (Lipinski definition) is 34. The highest BCUT2D eigenvalue weighted by Gasteiger charge is 2.22. The Morgan fingerprint density at radius 1 is 0.496 bits per heavy atom. The molecule has 33 N–H and O–H groups in total. The third-order valence-corrected chi connectivity index (χ3v) is 17.7. The first-order valence-electron chi connectivity index (χ1n) is 41.2. The summed E-state index contributed by atoms with van der Waals surface area (Å²) < 4.78 is 15.0. The predicted octanol–water partition coefficient (Wildman–Crippen LogP) is 6.53. The monoisotopic (exact) mass is 2070 g/mol. The van der Waals surface area contributed by atoms with Crippen LogP contribution in [0.2, 0.25) is 10.3 Å². The van der Waals surface area contributed by atoms with Gasteiger partial charge in [-0.15, -0.1) is 61.2 Å². The molecule has 734 valence electrons. The molecular weight excluding hydrogens is 1930 g/mol. The average molecular weight is 2070 g/mol. The van der Waals surface area contributed by atoms with E-state index in [0.717, 1.165) is 151 Å². The van der Waals surface area contributed by atoms with E-state index >= 15 is 0 Å². The van der Waals surface area contributed by atoms with E-state index in [9.17, 15) is 29.4 Å². The SMILES string of the molecule is CC(C)(C)OC(=O)NCCCCc1ccc(NCCN)cc1.CC(C)(C)OC(=O)NCCCCc1ccc(NCCNC[C@@H](O)CO)cc1.CSC(=N)NC(=O)c1nc(Cl)c(N)nc1N.Cl.Cl.Cl.I.NC(=NCCCCc1ccc(NCCNC[C@@H](O)CO)cc1)NC(=O)c1nc(Cl)c(N)nc1N.NCCCCc1ccc(NCCNC[C@@H](O)CO)cc1.OC[C@H]1CO1.S. The molecule has 4 amide bonds. The maximum absolute atomic E-state index is 12.2. The number of anilines is 8. The Bertz CT molecular complexity index is 3990. The van der Waals surface area contributed by atoms with Crippen molar-refractivity contribution < 1.29 is 69.1 Å². The number of aliphatic imine (C=N–C) groups is 1. The number of amidine groups is 1. The van der Waals surface area contributed by atoms with Crippen LogP contribution in [-0.2, 0) is 39.9 Å². The third-order valence-electron chi connectivity index (χ3n) is 16.7. The van der Waals surface area contributed by atoms with Crippen LogP contribution in [0, 0.1) is 5.41 Å². The number of unbranched alkanes of at least 4 members (excludes halogenated alkanes) is 4. The van der Waals surface area contributed by atoms with Crippen LogP contribution in [-0.4, -0.2) is 264 Å². The maximum Gasteiger partial charge on any atom is 0.407 e. The van der Waals surface area contributed by atoms with E-state index in [1.54, 1.807) is 6.26 Å². The molecule has 0 saturated carbocycles. The summed E-state index contributed by atoms with van der Waals surface area (Å²) >= 11 is 12.4. The smallest absolute Gasteiger partial charge is 0.407 e. The minimum atomic E-state index is -0.733. The summed E-state index contributed by atoms with van der Waals surface area (Å²) in [6.07, 6.45) is 10.7. The van der Waals surface area contributed by atoms with Gasteiger partial charge in [-0.2, -0.15) is 13.5 Å². The molecule has 46 heteroatoms. The van der Waals surface area contributed by atoms with Crippen LogP contribution in [0.3, 0.4) is 0 Å². The summed E-state index contributed by atoms with van der Waals surface area (Å²) in [5.74, 6) is -1.75. The van der Waals surface area contributed by atoms with E-state index in [0.29, 0.717) is 65.4 Å². The number of halogens is 6. The first kappa shape index (κ1) is 128. The van der Waals surface area contributed by atoms with Crippen LogP contribution in [0.4, 0.5) is 55.6 Å². The van der Waals surface area contributed by atoms with Crippen molar-refractivity contribution in [2.45, 2.75) is 154 Å². The van der Waals surface area contributed by atoms with Gasteiger partial charge in [0.2, 0.25) is 0 Å². The lowest BCUT2D eigenvalue weighted by Crippen LogP contribution is -2.38. The predicted molar refractivity (Wildman–Crippen MR) is 545 cm³/mol. The number of aromatic nitrogens is 4. The Labute approximate surface area is 815 Å². The van der Waals surface area contributed by atoms with Crippen molar-refractivity contribution in [2.24, 2.45) is 22.2 Å². The summed E-state index contributed by atoms with van der Waals surface area (Å²) in [5, 5.41) is 101. The highest BCUT2D eigenvalue weighted by atomic mass is 127. The number of carbonyl (C=O) groups excluding carboxylic acids is 4. The van der Waals surface area contributed by atoms with Crippen molar-refractivity contribution in [3.05, 3.63) is 141 Å². The summed E-state index contributed by atoms with van der Waals surface area (Å²) in [4.78, 5) is 65.8. The number of amides is 4. The molecule has 1 aliphatic heterocycles. The number of aliphatic hydroxyl groups is 7. The Hall–Kier alpha value is -7.58. The fourth-order valence-corrected chi connectivity index (χ4v) is 10.6. The number of benzene rings is 4. The van der Waals surface area contributed by atoms with Crippen molar-refractivity contribution in [2.75, 3.05) is 182 Å².